The molecule has 2 aromatic carbocycles. The number of carbonyl (C=O) groups is 1. The fourth-order valence-electron chi connectivity index (χ4n) is 2.18. The summed E-state index contributed by atoms with van der Waals surface area (Å²) < 4.78 is 5.60. The minimum absolute atomic E-state index is 0.0605. The van der Waals surface area contributed by atoms with Gasteiger partial charge in [0.05, 0.1) is 12.6 Å². The zero-order valence-electron chi connectivity index (χ0n) is 14.0. The maximum absolute atomic E-state index is 11.9. The van der Waals surface area contributed by atoms with Crippen LogP contribution in [-0.4, -0.2) is 18.6 Å². The van der Waals surface area contributed by atoms with Gasteiger partial charge in [0.15, 0.2) is 0 Å². The van der Waals surface area contributed by atoms with Gasteiger partial charge in [0.25, 0.3) is 0 Å². The number of hydrogen-bond donors (Lipinski definition) is 2. The summed E-state index contributed by atoms with van der Waals surface area (Å²) >= 11 is 6.06. The Bertz CT molecular complexity index is 657. The van der Waals surface area contributed by atoms with Crippen LogP contribution in [0.2, 0.25) is 5.02 Å². The lowest BCUT2D eigenvalue weighted by atomic mass is 10.2. The highest BCUT2D eigenvalue weighted by Crippen LogP contribution is 2.14. The SMILES string of the molecule is CC(C)Oc1ccc(CNCC(=O)NCc2ccccc2Cl)cc1. The van der Waals surface area contributed by atoms with Crippen LogP contribution in [0.3, 0.4) is 0 Å². The van der Waals surface area contributed by atoms with Crippen molar-refractivity contribution in [3.63, 3.8) is 0 Å². The summed E-state index contributed by atoms with van der Waals surface area (Å²) in [6.07, 6.45) is 0.163. The van der Waals surface area contributed by atoms with Crippen LogP contribution in [0, 0.1) is 0 Å². The number of halogens is 1. The molecule has 0 fully saturated rings. The van der Waals surface area contributed by atoms with Crippen LogP contribution in [0.15, 0.2) is 48.5 Å². The van der Waals surface area contributed by atoms with E-state index in [-0.39, 0.29) is 18.6 Å². The molecule has 0 aliphatic carbocycles. The number of nitrogens with one attached hydrogen (secondary N) is 2. The van der Waals surface area contributed by atoms with Crippen LogP contribution in [0.25, 0.3) is 0 Å². The van der Waals surface area contributed by atoms with E-state index in [4.69, 9.17) is 16.3 Å². The van der Waals surface area contributed by atoms with Crippen LogP contribution < -0.4 is 15.4 Å². The lowest BCUT2D eigenvalue weighted by molar-refractivity contribution is -0.120. The summed E-state index contributed by atoms with van der Waals surface area (Å²) in [6.45, 7) is 5.31. The molecule has 1 amide bonds. The molecule has 4 nitrogen and oxygen atoms in total. The van der Waals surface area contributed by atoms with E-state index in [1.165, 1.54) is 0 Å². The highest BCUT2D eigenvalue weighted by molar-refractivity contribution is 6.31. The molecule has 0 saturated carbocycles. The lowest BCUT2D eigenvalue weighted by Crippen LogP contribution is -2.33. The minimum atomic E-state index is -0.0605. The molecule has 0 radical (unpaired) electrons. The van der Waals surface area contributed by atoms with Crippen molar-refractivity contribution in [2.75, 3.05) is 6.54 Å². The third kappa shape index (κ3) is 6.22. The molecule has 0 atom stereocenters. The first-order chi connectivity index (χ1) is 11.5. The zero-order valence-corrected chi connectivity index (χ0v) is 14.8. The van der Waals surface area contributed by atoms with Crippen molar-refractivity contribution in [2.24, 2.45) is 0 Å². The second-order valence-corrected chi connectivity index (χ2v) is 6.19. The van der Waals surface area contributed by atoms with Gasteiger partial charge in [0, 0.05) is 18.1 Å². The van der Waals surface area contributed by atoms with Gasteiger partial charge in [-0.15, -0.1) is 0 Å². The molecular weight excluding hydrogens is 324 g/mol. The predicted molar refractivity (Wildman–Crippen MR) is 97.2 cm³/mol. The number of benzene rings is 2. The highest BCUT2D eigenvalue weighted by Gasteiger charge is 2.04. The van der Waals surface area contributed by atoms with E-state index >= 15 is 0 Å². The van der Waals surface area contributed by atoms with Crippen molar-refractivity contribution in [1.82, 2.24) is 10.6 Å². The molecule has 24 heavy (non-hydrogen) atoms. The Balaban J connectivity index is 1.70. The average molecular weight is 347 g/mol. The first kappa shape index (κ1) is 18.3. The minimum Gasteiger partial charge on any atom is -0.491 e. The fourth-order valence-corrected chi connectivity index (χ4v) is 2.38. The molecule has 128 valence electrons. The summed E-state index contributed by atoms with van der Waals surface area (Å²) in [5, 5.41) is 6.64. The molecule has 2 rings (SSSR count). The summed E-state index contributed by atoms with van der Waals surface area (Å²) in [5.74, 6) is 0.793. The molecule has 0 unspecified atom stereocenters. The van der Waals surface area contributed by atoms with Crippen LogP contribution in [0.1, 0.15) is 25.0 Å². The molecule has 0 spiro atoms. The molecule has 2 N–H and O–H groups in total. The number of hydrogen-bond acceptors (Lipinski definition) is 3. The Kier molecular flexibility index (Phi) is 7.09. The van der Waals surface area contributed by atoms with Gasteiger partial charge >= 0.3 is 0 Å². The van der Waals surface area contributed by atoms with Gasteiger partial charge in [-0.05, 0) is 43.2 Å². The highest BCUT2D eigenvalue weighted by atomic mass is 35.5. The molecule has 0 aliphatic rings. The average Bonchev–Trinajstić information content (AvgIpc) is 2.55. The second kappa shape index (κ2) is 9.30. The van der Waals surface area contributed by atoms with E-state index in [9.17, 15) is 4.79 Å². The topological polar surface area (TPSA) is 50.4 Å². The van der Waals surface area contributed by atoms with E-state index in [2.05, 4.69) is 10.6 Å². The summed E-state index contributed by atoms with van der Waals surface area (Å²) in [5.41, 5.74) is 2.01. The molecule has 0 saturated heterocycles. The van der Waals surface area contributed by atoms with Crippen molar-refractivity contribution < 1.29 is 9.53 Å². The zero-order chi connectivity index (χ0) is 17.4. The van der Waals surface area contributed by atoms with Crippen LogP contribution in [0.5, 0.6) is 5.75 Å². The number of rotatable bonds is 8. The molecule has 0 aliphatic heterocycles. The quantitative estimate of drug-likeness (QED) is 0.768. The van der Waals surface area contributed by atoms with Gasteiger partial charge in [-0.25, -0.2) is 0 Å². The molecule has 0 aromatic heterocycles. The number of carbonyl (C=O) groups excluding carboxylic acids is 1. The van der Waals surface area contributed by atoms with E-state index in [0.29, 0.717) is 18.1 Å². The Morgan fingerprint density at radius 3 is 2.46 bits per heavy atom. The Labute approximate surface area is 148 Å². The molecule has 0 heterocycles. The second-order valence-electron chi connectivity index (χ2n) is 5.78. The molecule has 5 heteroatoms. The largest absolute Gasteiger partial charge is 0.491 e. The van der Waals surface area contributed by atoms with Crippen molar-refractivity contribution in [3.05, 3.63) is 64.7 Å². The van der Waals surface area contributed by atoms with Gasteiger partial charge in [-0.3, -0.25) is 4.79 Å². The van der Waals surface area contributed by atoms with Crippen LogP contribution in [-0.2, 0) is 17.9 Å². The molecule has 0 bridgehead atoms. The van der Waals surface area contributed by atoms with Crippen molar-refractivity contribution >= 4 is 17.5 Å². The van der Waals surface area contributed by atoms with Gasteiger partial charge < -0.3 is 15.4 Å². The van der Waals surface area contributed by atoms with Gasteiger partial charge in [0.1, 0.15) is 5.75 Å². The Hall–Kier alpha value is -2.04. The van der Waals surface area contributed by atoms with Gasteiger partial charge in [-0.1, -0.05) is 41.9 Å². The number of ether oxygens (including phenoxy) is 1. The summed E-state index contributed by atoms with van der Waals surface area (Å²) in [7, 11) is 0. The van der Waals surface area contributed by atoms with E-state index in [1.807, 2.05) is 62.4 Å². The summed E-state index contributed by atoms with van der Waals surface area (Å²) in [6, 6.07) is 15.3. The van der Waals surface area contributed by atoms with E-state index < -0.39 is 0 Å². The van der Waals surface area contributed by atoms with Gasteiger partial charge in [0.2, 0.25) is 5.91 Å². The van der Waals surface area contributed by atoms with E-state index in [0.717, 1.165) is 16.9 Å². The van der Waals surface area contributed by atoms with Crippen molar-refractivity contribution in [3.8, 4) is 5.75 Å². The van der Waals surface area contributed by atoms with Crippen molar-refractivity contribution in [1.29, 1.82) is 0 Å². The maximum Gasteiger partial charge on any atom is 0.234 e. The third-order valence-electron chi connectivity index (χ3n) is 3.34. The first-order valence-electron chi connectivity index (χ1n) is 8.01. The first-order valence-corrected chi connectivity index (χ1v) is 8.39. The third-order valence-corrected chi connectivity index (χ3v) is 3.71. The van der Waals surface area contributed by atoms with Gasteiger partial charge in [-0.2, -0.15) is 0 Å². The Morgan fingerprint density at radius 2 is 1.79 bits per heavy atom. The normalized spacial score (nSPS) is 10.7. The monoisotopic (exact) mass is 346 g/mol. The fraction of sp³-hybridized carbons (Fsp3) is 0.316. The van der Waals surface area contributed by atoms with Crippen molar-refractivity contribution in [2.45, 2.75) is 33.0 Å². The number of amides is 1. The summed E-state index contributed by atoms with van der Waals surface area (Å²) in [4.78, 5) is 11.9. The lowest BCUT2D eigenvalue weighted by Gasteiger charge is -2.11. The molecular formula is C19H23ClN2O2. The smallest absolute Gasteiger partial charge is 0.234 e. The predicted octanol–water partition coefficient (Wildman–Crippen LogP) is 3.53. The standard InChI is InChI=1S/C19H23ClN2O2/c1-14(2)24-17-9-7-15(8-10-17)11-21-13-19(23)22-12-16-5-3-4-6-18(16)20/h3-10,14,21H,11-13H2,1-2H3,(H,22,23). The molecule has 2 aromatic rings. The maximum atomic E-state index is 11.9. The van der Waals surface area contributed by atoms with Crippen LogP contribution >= 0.6 is 11.6 Å². The Morgan fingerprint density at radius 1 is 1.08 bits per heavy atom. The van der Waals surface area contributed by atoms with E-state index in [1.54, 1.807) is 0 Å². The van der Waals surface area contributed by atoms with Crippen LogP contribution in [0.4, 0.5) is 0 Å².